The number of carbonyl (C=O) groups excluding carboxylic acids is 1. The number of rotatable bonds is 1. The number of hydrogen-bond acceptors (Lipinski definition) is 2. The third-order valence-corrected chi connectivity index (χ3v) is 4.75. The Balaban J connectivity index is 1.63. The van der Waals surface area contributed by atoms with E-state index in [1.54, 1.807) is 0 Å². The van der Waals surface area contributed by atoms with E-state index in [0.717, 1.165) is 30.9 Å². The number of hydrogen-bond donors (Lipinski definition) is 1. The summed E-state index contributed by atoms with van der Waals surface area (Å²) in [4.78, 5) is 17.0. The molecule has 0 unspecified atom stereocenters. The molecule has 4 nitrogen and oxygen atoms in total. The van der Waals surface area contributed by atoms with Gasteiger partial charge >= 0.3 is 6.03 Å². The van der Waals surface area contributed by atoms with Crippen LogP contribution in [0.25, 0.3) is 0 Å². The number of carbonyl (C=O) groups is 1. The summed E-state index contributed by atoms with van der Waals surface area (Å²) < 4.78 is 0. The minimum Gasteiger partial charge on any atom is -0.322 e. The van der Waals surface area contributed by atoms with Crippen molar-refractivity contribution in [2.24, 2.45) is 0 Å². The van der Waals surface area contributed by atoms with Gasteiger partial charge in [0.15, 0.2) is 0 Å². The Morgan fingerprint density at radius 2 is 2.05 bits per heavy atom. The highest BCUT2D eigenvalue weighted by atomic mass is 16.2. The second kappa shape index (κ2) is 6.06. The van der Waals surface area contributed by atoms with Gasteiger partial charge in [0.05, 0.1) is 0 Å². The number of piperazine rings is 1. The molecule has 2 saturated heterocycles. The monoisotopic (exact) mass is 287 g/mol. The van der Waals surface area contributed by atoms with Crippen molar-refractivity contribution in [3.8, 4) is 0 Å². The standard InChI is InChI=1S/C17H25N3O/c1-13-6-7-16(14(2)11-13)18-17(21)20-10-9-19-8-4-3-5-15(19)12-20/h6-7,11,15H,3-5,8-10,12H2,1-2H3,(H,18,21)/t15-/m0/s1. The molecule has 1 N–H and O–H groups in total. The number of urea groups is 1. The number of nitrogens with zero attached hydrogens (tertiary/aromatic N) is 2. The van der Waals surface area contributed by atoms with E-state index in [4.69, 9.17) is 0 Å². The molecule has 1 aromatic carbocycles. The molecule has 0 spiro atoms. The molecule has 2 aliphatic heterocycles. The van der Waals surface area contributed by atoms with Gasteiger partial charge in [0, 0.05) is 31.4 Å². The van der Waals surface area contributed by atoms with Crippen LogP contribution in [0.2, 0.25) is 0 Å². The van der Waals surface area contributed by atoms with Crippen LogP contribution in [0.1, 0.15) is 30.4 Å². The molecule has 2 aliphatic rings. The van der Waals surface area contributed by atoms with Gasteiger partial charge in [-0.05, 0) is 44.9 Å². The van der Waals surface area contributed by atoms with Crippen molar-refractivity contribution in [2.75, 3.05) is 31.5 Å². The Morgan fingerprint density at radius 3 is 2.86 bits per heavy atom. The molecule has 2 amide bonds. The number of piperidine rings is 1. The lowest BCUT2D eigenvalue weighted by atomic mass is 10.00. The van der Waals surface area contributed by atoms with Gasteiger partial charge in [0.25, 0.3) is 0 Å². The van der Waals surface area contributed by atoms with E-state index in [-0.39, 0.29) is 6.03 Å². The first kappa shape index (κ1) is 14.4. The van der Waals surface area contributed by atoms with E-state index in [0.29, 0.717) is 6.04 Å². The Hall–Kier alpha value is -1.55. The Kier molecular flexibility index (Phi) is 4.15. The van der Waals surface area contributed by atoms with Gasteiger partial charge in [-0.15, -0.1) is 0 Å². The predicted octanol–water partition coefficient (Wildman–Crippen LogP) is 3.01. The van der Waals surface area contributed by atoms with Crippen molar-refractivity contribution < 1.29 is 4.79 Å². The maximum absolute atomic E-state index is 12.5. The molecule has 2 fully saturated rings. The van der Waals surface area contributed by atoms with Gasteiger partial charge < -0.3 is 10.2 Å². The van der Waals surface area contributed by atoms with Crippen LogP contribution in [-0.2, 0) is 0 Å². The number of benzene rings is 1. The van der Waals surface area contributed by atoms with Crippen LogP contribution >= 0.6 is 0 Å². The lowest BCUT2D eigenvalue weighted by molar-refractivity contribution is 0.0678. The summed E-state index contributed by atoms with van der Waals surface area (Å²) in [6, 6.07) is 6.76. The number of anilines is 1. The smallest absolute Gasteiger partial charge is 0.321 e. The predicted molar refractivity (Wildman–Crippen MR) is 85.7 cm³/mol. The molecule has 0 saturated carbocycles. The second-order valence-electron chi connectivity index (χ2n) is 6.38. The van der Waals surface area contributed by atoms with Gasteiger partial charge in [-0.1, -0.05) is 24.1 Å². The Morgan fingerprint density at radius 1 is 1.19 bits per heavy atom. The molecule has 1 atom stereocenters. The first-order chi connectivity index (χ1) is 10.1. The molecule has 1 aromatic rings. The number of amides is 2. The van der Waals surface area contributed by atoms with Crippen molar-refractivity contribution in [1.82, 2.24) is 9.80 Å². The van der Waals surface area contributed by atoms with Crippen molar-refractivity contribution in [1.29, 1.82) is 0 Å². The minimum absolute atomic E-state index is 0.0483. The highest BCUT2D eigenvalue weighted by Gasteiger charge is 2.31. The molecule has 0 bridgehead atoms. The first-order valence-electron chi connectivity index (χ1n) is 8.01. The van der Waals surface area contributed by atoms with Crippen molar-refractivity contribution in [3.63, 3.8) is 0 Å². The van der Waals surface area contributed by atoms with Crippen molar-refractivity contribution in [3.05, 3.63) is 29.3 Å². The van der Waals surface area contributed by atoms with Crippen LogP contribution in [0.15, 0.2) is 18.2 Å². The zero-order valence-electron chi connectivity index (χ0n) is 13.1. The summed E-state index contributed by atoms with van der Waals surface area (Å²) in [5.74, 6) is 0. The van der Waals surface area contributed by atoms with E-state index in [2.05, 4.69) is 23.2 Å². The fourth-order valence-corrected chi connectivity index (χ4v) is 3.49. The highest BCUT2D eigenvalue weighted by molar-refractivity contribution is 5.90. The average Bonchev–Trinajstić information content (AvgIpc) is 2.49. The SMILES string of the molecule is Cc1ccc(NC(=O)N2CCN3CCCC[C@H]3C2)c(C)c1. The van der Waals surface area contributed by atoms with E-state index in [9.17, 15) is 4.79 Å². The minimum atomic E-state index is 0.0483. The maximum Gasteiger partial charge on any atom is 0.321 e. The molecule has 21 heavy (non-hydrogen) atoms. The molecule has 4 heteroatoms. The quantitative estimate of drug-likeness (QED) is 0.862. The molecule has 0 aromatic heterocycles. The van der Waals surface area contributed by atoms with E-state index in [1.165, 1.54) is 31.4 Å². The van der Waals surface area contributed by atoms with Crippen LogP contribution in [0, 0.1) is 13.8 Å². The van der Waals surface area contributed by atoms with Crippen LogP contribution in [-0.4, -0.2) is 48.1 Å². The zero-order valence-corrected chi connectivity index (χ0v) is 13.1. The first-order valence-corrected chi connectivity index (χ1v) is 8.01. The molecule has 114 valence electrons. The van der Waals surface area contributed by atoms with Gasteiger partial charge in [-0.2, -0.15) is 0 Å². The number of aryl methyl sites for hydroxylation is 2. The highest BCUT2D eigenvalue weighted by Crippen LogP contribution is 2.22. The second-order valence-corrected chi connectivity index (χ2v) is 6.38. The summed E-state index contributed by atoms with van der Waals surface area (Å²) in [7, 11) is 0. The zero-order chi connectivity index (χ0) is 14.8. The topological polar surface area (TPSA) is 35.6 Å². The van der Waals surface area contributed by atoms with Gasteiger partial charge in [-0.3, -0.25) is 4.90 Å². The average molecular weight is 287 g/mol. The van der Waals surface area contributed by atoms with E-state index in [1.807, 2.05) is 24.0 Å². The molecular formula is C17H25N3O. The van der Waals surface area contributed by atoms with Crippen LogP contribution in [0.4, 0.5) is 10.5 Å². The van der Waals surface area contributed by atoms with Crippen LogP contribution < -0.4 is 5.32 Å². The number of nitrogens with one attached hydrogen (secondary N) is 1. The van der Waals surface area contributed by atoms with Crippen LogP contribution in [0.3, 0.4) is 0 Å². The molecule has 0 aliphatic carbocycles. The molecular weight excluding hydrogens is 262 g/mol. The summed E-state index contributed by atoms with van der Waals surface area (Å²) >= 11 is 0. The summed E-state index contributed by atoms with van der Waals surface area (Å²) in [6.45, 7) is 8.05. The molecule has 0 radical (unpaired) electrons. The van der Waals surface area contributed by atoms with Gasteiger partial charge in [0.2, 0.25) is 0 Å². The van der Waals surface area contributed by atoms with Gasteiger partial charge in [-0.25, -0.2) is 4.79 Å². The Labute approximate surface area is 127 Å². The fraction of sp³-hybridized carbons (Fsp3) is 0.588. The summed E-state index contributed by atoms with van der Waals surface area (Å²) in [5, 5.41) is 3.07. The molecule has 3 rings (SSSR count). The van der Waals surface area contributed by atoms with Crippen molar-refractivity contribution >= 4 is 11.7 Å². The normalized spacial score (nSPS) is 22.8. The summed E-state index contributed by atoms with van der Waals surface area (Å²) in [5.41, 5.74) is 3.28. The number of fused-ring (bicyclic) bond motifs is 1. The third kappa shape index (κ3) is 3.21. The lowest BCUT2D eigenvalue weighted by Crippen LogP contribution is -2.56. The Bertz CT molecular complexity index is 529. The fourth-order valence-electron chi connectivity index (χ4n) is 3.49. The third-order valence-electron chi connectivity index (χ3n) is 4.75. The van der Waals surface area contributed by atoms with Crippen molar-refractivity contribution in [2.45, 2.75) is 39.2 Å². The van der Waals surface area contributed by atoms with E-state index >= 15 is 0 Å². The molecule has 2 heterocycles. The summed E-state index contributed by atoms with van der Waals surface area (Å²) in [6.07, 6.45) is 3.84. The largest absolute Gasteiger partial charge is 0.322 e. The lowest BCUT2D eigenvalue weighted by Gasteiger charge is -2.43. The van der Waals surface area contributed by atoms with Crippen LogP contribution in [0.5, 0.6) is 0 Å². The van der Waals surface area contributed by atoms with Gasteiger partial charge in [0.1, 0.15) is 0 Å². The maximum atomic E-state index is 12.5. The van der Waals surface area contributed by atoms with E-state index < -0.39 is 0 Å².